The molecule has 0 fully saturated rings. The summed E-state index contributed by atoms with van der Waals surface area (Å²) in [6, 6.07) is 3.50. The van der Waals surface area contributed by atoms with Crippen molar-refractivity contribution in [1.82, 2.24) is 0 Å². The monoisotopic (exact) mass is 242 g/mol. The van der Waals surface area contributed by atoms with Gasteiger partial charge in [0.05, 0.1) is 10.8 Å². The SMILES string of the molecule is CSC1COC(=O)c2ccc(Cl)c(C)c21. The lowest BCUT2D eigenvalue weighted by molar-refractivity contribution is 0.0476. The first-order valence-corrected chi connectivity index (χ1v) is 6.30. The van der Waals surface area contributed by atoms with Crippen LogP contribution in [0.2, 0.25) is 5.02 Å². The molecule has 0 saturated carbocycles. The van der Waals surface area contributed by atoms with Gasteiger partial charge in [-0.15, -0.1) is 0 Å². The summed E-state index contributed by atoms with van der Waals surface area (Å²) in [6.45, 7) is 2.39. The highest BCUT2D eigenvalue weighted by Gasteiger charge is 2.28. The molecule has 0 aliphatic carbocycles. The van der Waals surface area contributed by atoms with Crippen LogP contribution in [0.1, 0.15) is 26.7 Å². The van der Waals surface area contributed by atoms with Gasteiger partial charge in [0, 0.05) is 5.02 Å². The van der Waals surface area contributed by atoms with Crippen LogP contribution in [-0.2, 0) is 4.74 Å². The Morgan fingerprint density at radius 1 is 1.53 bits per heavy atom. The van der Waals surface area contributed by atoms with E-state index in [-0.39, 0.29) is 11.2 Å². The van der Waals surface area contributed by atoms with Crippen molar-refractivity contribution in [2.45, 2.75) is 12.2 Å². The molecule has 4 heteroatoms. The van der Waals surface area contributed by atoms with Crippen LogP contribution < -0.4 is 0 Å². The Balaban J connectivity index is 2.62. The first kappa shape index (κ1) is 10.8. The van der Waals surface area contributed by atoms with E-state index in [1.54, 1.807) is 23.9 Å². The number of esters is 1. The number of thioether (sulfide) groups is 1. The summed E-state index contributed by atoms with van der Waals surface area (Å²) in [5, 5.41) is 0.916. The number of cyclic esters (lactones) is 1. The Morgan fingerprint density at radius 3 is 2.93 bits per heavy atom. The number of halogens is 1. The van der Waals surface area contributed by atoms with Crippen LogP contribution in [0.5, 0.6) is 0 Å². The van der Waals surface area contributed by atoms with E-state index in [1.807, 2.05) is 13.2 Å². The Morgan fingerprint density at radius 2 is 2.27 bits per heavy atom. The minimum Gasteiger partial charge on any atom is -0.461 e. The Labute approximate surface area is 98.0 Å². The summed E-state index contributed by atoms with van der Waals surface area (Å²) in [6.07, 6.45) is 2.01. The molecule has 1 heterocycles. The molecule has 1 unspecified atom stereocenters. The predicted octanol–water partition coefficient (Wildman–Crippen LogP) is 3.22. The Bertz CT molecular complexity index is 417. The maximum absolute atomic E-state index is 11.5. The fourth-order valence-corrected chi connectivity index (χ4v) is 2.70. The summed E-state index contributed by atoms with van der Waals surface area (Å²) >= 11 is 7.73. The summed E-state index contributed by atoms with van der Waals surface area (Å²) in [5.74, 6) is -0.241. The average Bonchev–Trinajstić information content (AvgIpc) is 2.24. The van der Waals surface area contributed by atoms with Gasteiger partial charge in [0.15, 0.2) is 0 Å². The van der Waals surface area contributed by atoms with Gasteiger partial charge in [-0.25, -0.2) is 4.79 Å². The third kappa shape index (κ3) is 1.74. The van der Waals surface area contributed by atoms with E-state index in [2.05, 4.69) is 0 Å². The predicted molar refractivity (Wildman–Crippen MR) is 62.7 cm³/mol. The molecule has 0 radical (unpaired) electrons. The number of hydrogen-bond donors (Lipinski definition) is 0. The molecule has 1 aliphatic heterocycles. The standard InChI is InChI=1S/C11H11ClO2S/c1-6-8(12)4-3-7-10(6)9(15-2)5-14-11(7)13/h3-4,9H,5H2,1-2H3. The van der Waals surface area contributed by atoms with Crippen molar-refractivity contribution in [1.29, 1.82) is 0 Å². The number of hydrogen-bond acceptors (Lipinski definition) is 3. The lowest BCUT2D eigenvalue weighted by Crippen LogP contribution is -2.21. The molecule has 2 nitrogen and oxygen atoms in total. The van der Waals surface area contributed by atoms with Crippen molar-refractivity contribution in [3.63, 3.8) is 0 Å². The van der Waals surface area contributed by atoms with Crippen LogP contribution in [-0.4, -0.2) is 18.8 Å². The van der Waals surface area contributed by atoms with Gasteiger partial charge in [0.2, 0.25) is 0 Å². The maximum Gasteiger partial charge on any atom is 0.338 e. The van der Waals surface area contributed by atoms with E-state index in [0.717, 1.165) is 11.1 Å². The molecule has 0 amide bonds. The highest BCUT2D eigenvalue weighted by Crippen LogP contribution is 2.38. The lowest BCUT2D eigenvalue weighted by atomic mass is 9.97. The fourth-order valence-electron chi connectivity index (χ4n) is 1.79. The van der Waals surface area contributed by atoms with E-state index >= 15 is 0 Å². The average molecular weight is 243 g/mol. The van der Waals surface area contributed by atoms with Gasteiger partial charge in [0.25, 0.3) is 0 Å². The second-order valence-electron chi connectivity index (χ2n) is 3.46. The van der Waals surface area contributed by atoms with Crippen LogP contribution in [0.15, 0.2) is 12.1 Å². The van der Waals surface area contributed by atoms with Crippen molar-refractivity contribution in [2.75, 3.05) is 12.9 Å². The summed E-state index contributed by atoms with van der Waals surface area (Å²) in [4.78, 5) is 11.5. The second-order valence-corrected chi connectivity index (χ2v) is 4.90. The van der Waals surface area contributed by atoms with Crippen molar-refractivity contribution >= 4 is 29.3 Å². The first-order chi connectivity index (χ1) is 7.15. The number of carbonyl (C=O) groups excluding carboxylic acids is 1. The normalized spacial score (nSPS) is 19.7. The minimum atomic E-state index is -0.241. The molecule has 0 aromatic heterocycles. The van der Waals surface area contributed by atoms with Crippen molar-refractivity contribution in [3.8, 4) is 0 Å². The van der Waals surface area contributed by atoms with Crippen molar-refractivity contribution in [2.24, 2.45) is 0 Å². The maximum atomic E-state index is 11.5. The third-order valence-electron chi connectivity index (χ3n) is 2.64. The number of fused-ring (bicyclic) bond motifs is 1. The molecule has 1 aromatic rings. The van der Waals surface area contributed by atoms with Gasteiger partial charge in [0.1, 0.15) is 6.61 Å². The Hall–Kier alpha value is -0.670. The number of rotatable bonds is 1. The van der Waals surface area contributed by atoms with E-state index in [4.69, 9.17) is 16.3 Å². The van der Waals surface area contributed by atoms with Gasteiger partial charge in [-0.1, -0.05) is 11.6 Å². The van der Waals surface area contributed by atoms with Gasteiger partial charge in [-0.05, 0) is 36.4 Å². The highest BCUT2D eigenvalue weighted by atomic mass is 35.5. The summed E-state index contributed by atoms with van der Waals surface area (Å²) in [7, 11) is 0. The van der Waals surface area contributed by atoms with Gasteiger partial charge in [-0.2, -0.15) is 11.8 Å². The number of ether oxygens (including phenoxy) is 1. The highest BCUT2D eigenvalue weighted by molar-refractivity contribution is 7.98. The topological polar surface area (TPSA) is 26.3 Å². The zero-order valence-electron chi connectivity index (χ0n) is 8.54. The van der Waals surface area contributed by atoms with Crippen molar-refractivity contribution < 1.29 is 9.53 Å². The summed E-state index contributed by atoms with van der Waals surface area (Å²) < 4.78 is 5.10. The molecule has 0 spiro atoms. The molecule has 0 saturated heterocycles. The fraction of sp³-hybridized carbons (Fsp3) is 0.364. The third-order valence-corrected chi connectivity index (χ3v) is 3.99. The zero-order valence-corrected chi connectivity index (χ0v) is 10.1. The van der Waals surface area contributed by atoms with E-state index < -0.39 is 0 Å². The molecule has 1 atom stereocenters. The van der Waals surface area contributed by atoms with Gasteiger partial charge in [-0.3, -0.25) is 0 Å². The Kier molecular flexibility index (Phi) is 2.94. The molecule has 15 heavy (non-hydrogen) atoms. The quantitative estimate of drug-likeness (QED) is 0.708. The molecule has 80 valence electrons. The smallest absolute Gasteiger partial charge is 0.338 e. The first-order valence-electron chi connectivity index (χ1n) is 4.64. The molecule has 1 aliphatic rings. The van der Waals surface area contributed by atoms with Gasteiger partial charge < -0.3 is 4.74 Å². The van der Waals surface area contributed by atoms with Crippen LogP contribution in [0.3, 0.4) is 0 Å². The largest absolute Gasteiger partial charge is 0.461 e. The molecule has 2 rings (SSSR count). The van der Waals surface area contributed by atoms with Gasteiger partial charge >= 0.3 is 5.97 Å². The van der Waals surface area contributed by atoms with E-state index in [0.29, 0.717) is 17.2 Å². The second kappa shape index (κ2) is 4.06. The molecular formula is C11H11ClO2S. The van der Waals surface area contributed by atoms with E-state index in [9.17, 15) is 4.79 Å². The summed E-state index contributed by atoms with van der Waals surface area (Å²) in [5.41, 5.74) is 2.68. The zero-order chi connectivity index (χ0) is 11.0. The van der Waals surface area contributed by atoms with Crippen LogP contribution in [0.4, 0.5) is 0 Å². The molecule has 1 aromatic carbocycles. The van der Waals surface area contributed by atoms with Crippen LogP contribution in [0, 0.1) is 6.92 Å². The number of benzene rings is 1. The van der Waals surface area contributed by atoms with Crippen molar-refractivity contribution in [3.05, 3.63) is 33.8 Å². The minimum absolute atomic E-state index is 0.205. The number of carbonyl (C=O) groups is 1. The molecule has 0 bridgehead atoms. The molecular weight excluding hydrogens is 232 g/mol. The lowest BCUT2D eigenvalue weighted by Gasteiger charge is -2.25. The van der Waals surface area contributed by atoms with Crippen LogP contribution in [0.25, 0.3) is 0 Å². The van der Waals surface area contributed by atoms with E-state index in [1.165, 1.54) is 0 Å². The van der Waals surface area contributed by atoms with Crippen LogP contribution >= 0.6 is 23.4 Å². The molecule has 0 N–H and O–H groups in total.